The zero-order valence-electron chi connectivity index (χ0n) is 9.58. The number of amidine groups is 1. The normalized spacial score (nSPS) is 28.4. The summed E-state index contributed by atoms with van der Waals surface area (Å²) in [6.07, 6.45) is 1.06. The molecule has 18 heavy (non-hydrogen) atoms. The molecule has 0 aromatic heterocycles. The molecule has 2 aliphatic rings. The van der Waals surface area contributed by atoms with Crippen LogP contribution in [0.25, 0.3) is 0 Å². The number of fused-ring (bicyclic) bond motifs is 1. The molecule has 4 N–H and O–H groups in total. The summed E-state index contributed by atoms with van der Waals surface area (Å²) in [7, 11) is 0. The summed E-state index contributed by atoms with van der Waals surface area (Å²) >= 11 is 1.60. The summed E-state index contributed by atoms with van der Waals surface area (Å²) in [5.41, 5.74) is 12.6. The van der Waals surface area contributed by atoms with Crippen molar-refractivity contribution in [2.75, 3.05) is 5.73 Å². The van der Waals surface area contributed by atoms with Crippen LogP contribution in [0, 0.1) is 23.6 Å². The minimum atomic E-state index is -0.242. The molecule has 94 valence electrons. The Morgan fingerprint density at radius 2 is 2.11 bits per heavy atom. The van der Waals surface area contributed by atoms with Gasteiger partial charge in [-0.05, 0) is 30.5 Å². The van der Waals surface area contributed by atoms with Crippen molar-refractivity contribution in [3.63, 3.8) is 0 Å². The van der Waals surface area contributed by atoms with Crippen LogP contribution in [0.5, 0.6) is 0 Å². The third-order valence-electron chi connectivity index (χ3n) is 3.06. The van der Waals surface area contributed by atoms with Gasteiger partial charge in [-0.15, -0.1) is 0 Å². The second-order valence-electron chi connectivity index (χ2n) is 4.25. The summed E-state index contributed by atoms with van der Waals surface area (Å²) < 4.78 is 13.7. The van der Waals surface area contributed by atoms with Gasteiger partial charge in [0.25, 0.3) is 0 Å². The molecular weight excluding hydrogens is 251 g/mol. The number of nitrogens with two attached hydrogens (primary N) is 2. The maximum Gasteiger partial charge on any atom is 0.154 e. The Bertz CT molecular complexity index is 514. The zero-order chi connectivity index (χ0) is 13.3. The molecule has 0 amide bonds. The topological polar surface area (TPSA) is 88.2 Å². The van der Waals surface area contributed by atoms with Gasteiger partial charge in [-0.25, -0.2) is 9.65 Å². The maximum absolute atomic E-state index is 13.7. The lowest BCUT2D eigenvalue weighted by atomic mass is 10.0. The Labute approximate surface area is 109 Å². The molecule has 0 radical (unpaired) electrons. The van der Waals surface area contributed by atoms with Crippen LogP contribution in [0.1, 0.15) is 18.0 Å². The molecule has 1 heterocycles. The molecule has 3 unspecified atom stereocenters. The lowest BCUT2D eigenvalue weighted by Crippen LogP contribution is -2.17. The van der Waals surface area contributed by atoms with Crippen LogP contribution in [-0.4, -0.2) is 10.4 Å². The van der Waals surface area contributed by atoms with Gasteiger partial charge in [-0.2, -0.15) is 0 Å². The van der Waals surface area contributed by atoms with Gasteiger partial charge >= 0.3 is 0 Å². The molecular formula is C12H13FN4S. The zero-order valence-corrected chi connectivity index (χ0v) is 10.4. The van der Waals surface area contributed by atoms with Crippen LogP contribution in [-0.2, 0) is 0 Å². The molecule has 4 nitrogen and oxygen atoms in total. The number of aliphatic imine (C=N–C) groups is 1. The summed E-state index contributed by atoms with van der Waals surface area (Å²) in [5.74, 6) is 0.182. The molecule has 6 heteroatoms. The van der Waals surface area contributed by atoms with Crippen molar-refractivity contribution < 1.29 is 4.39 Å². The van der Waals surface area contributed by atoms with Gasteiger partial charge in [0.2, 0.25) is 0 Å². The average Bonchev–Trinajstić information content (AvgIpc) is 3.13. The van der Waals surface area contributed by atoms with Crippen LogP contribution in [0.3, 0.4) is 0 Å². The van der Waals surface area contributed by atoms with Crippen LogP contribution in [0.15, 0.2) is 23.2 Å². The molecule has 1 saturated carbocycles. The molecule has 0 bridgehead atoms. The largest absolute Gasteiger partial charge is 0.399 e. The second kappa shape index (κ2) is 4.86. The van der Waals surface area contributed by atoms with E-state index < -0.39 is 0 Å². The van der Waals surface area contributed by atoms with Crippen molar-refractivity contribution in [2.24, 2.45) is 16.6 Å². The predicted octanol–water partition coefficient (Wildman–Crippen LogP) is 2.04. The van der Waals surface area contributed by atoms with Gasteiger partial charge in [0.1, 0.15) is 5.82 Å². The van der Waals surface area contributed by atoms with Crippen molar-refractivity contribution in [3.8, 4) is 6.57 Å². The molecule has 3 atom stereocenters. The highest BCUT2D eigenvalue weighted by atomic mass is 32.2. The van der Waals surface area contributed by atoms with Gasteiger partial charge in [-0.3, -0.25) is 4.99 Å². The number of benzene rings is 1. The number of rotatable bonds is 1. The number of nitriles is 1. The highest BCUT2D eigenvalue weighted by Gasteiger charge is 2.48. The fourth-order valence-corrected chi connectivity index (χ4v) is 3.29. The second-order valence-corrected chi connectivity index (χ2v) is 5.51. The van der Waals surface area contributed by atoms with Gasteiger partial charge in [0.15, 0.2) is 5.17 Å². The summed E-state index contributed by atoms with van der Waals surface area (Å²) in [5, 5.41) is 7.58. The monoisotopic (exact) mass is 264 g/mol. The number of halogens is 1. The average molecular weight is 264 g/mol. The first-order chi connectivity index (χ1) is 8.65. The standard InChI is InChI=1S/C11H12FN3S.CHN/c12-8-2-1-5(13)3-6(8)10-7-4-9(7)16-11(14)15-10;1-2/h1-3,7,9-10H,4,13H2,(H2,14,15);1H. The quantitative estimate of drug-likeness (QED) is 0.760. The Kier molecular flexibility index (Phi) is 3.43. The lowest BCUT2D eigenvalue weighted by Gasteiger charge is -2.18. The highest BCUT2D eigenvalue weighted by Crippen LogP contribution is 2.54. The molecule has 1 aliphatic carbocycles. The molecule has 0 spiro atoms. The van der Waals surface area contributed by atoms with Gasteiger partial charge < -0.3 is 11.5 Å². The SMILES string of the molecule is C#N.NC1=NC(c2cc(N)ccc2F)C2CC2S1. The minimum absolute atomic E-state index is 0.144. The minimum Gasteiger partial charge on any atom is -0.399 e. The molecule has 3 rings (SSSR count). The van der Waals surface area contributed by atoms with E-state index in [1.165, 1.54) is 6.07 Å². The van der Waals surface area contributed by atoms with Gasteiger partial charge in [0, 0.05) is 23.1 Å². The molecule has 1 aromatic carbocycles. The van der Waals surface area contributed by atoms with Crippen molar-refractivity contribution in [1.82, 2.24) is 0 Å². The van der Waals surface area contributed by atoms with E-state index in [-0.39, 0.29) is 11.9 Å². The smallest absolute Gasteiger partial charge is 0.154 e. The predicted molar refractivity (Wildman–Crippen MR) is 71.3 cm³/mol. The van der Waals surface area contributed by atoms with Crippen molar-refractivity contribution >= 4 is 22.6 Å². The fraction of sp³-hybridized carbons (Fsp3) is 0.333. The maximum atomic E-state index is 13.7. The van der Waals surface area contributed by atoms with Gasteiger partial charge in [0.05, 0.1) is 6.04 Å². The Hall–Kier alpha value is -1.74. The van der Waals surface area contributed by atoms with E-state index in [1.54, 1.807) is 23.9 Å². The van der Waals surface area contributed by atoms with Crippen molar-refractivity contribution in [1.29, 1.82) is 5.26 Å². The van der Waals surface area contributed by atoms with E-state index in [4.69, 9.17) is 16.7 Å². The first kappa shape index (κ1) is 12.7. The molecule has 1 fully saturated rings. The summed E-state index contributed by atoms with van der Waals surface area (Å²) in [6, 6.07) is 4.49. The van der Waals surface area contributed by atoms with E-state index in [0.717, 1.165) is 6.42 Å². The van der Waals surface area contributed by atoms with Crippen LogP contribution >= 0.6 is 11.8 Å². The van der Waals surface area contributed by atoms with Crippen molar-refractivity contribution in [3.05, 3.63) is 29.6 Å². The van der Waals surface area contributed by atoms with Crippen molar-refractivity contribution in [2.45, 2.75) is 17.7 Å². The van der Waals surface area contributed by atoms with Crippen LogP contribution < -0.4 is 11.5 Å². The Morgan fingerprint density at radius 1 is 1.39 bits per heavy atom. The highest BCUT2D eigenvalue weighted by molar-refractivity contribution is 8.14. The molecule has 1 aromatic rings. The number of anilines is 1. The van der Waals surface area contributed by atoms with Gasteiger partial charge in [-0.1, -0.05) is 11.8 Å². The van der Waals surface area contributed by atoms with Crippen LogP contribution in [0.2, 0.25) is 0 Å². The summed E-state index contributed by atoms with van der Waals surface area (Å²) in [4.78, 5) is 4.34. The van der Waals surface area contributed by atoms with E-state index in [2.05, 4.69) is 11.6 Å². The fourth-order valence-electron chi connectivity index (χ4n) is 2.16. The van der Waals surface area contributed by atoms with E-state index in [9.17, 15) is 4.39 Å². The Morgan fingerprint density at radius 3 is 2.83 bits per heavy atom. The Balaban J connectivity index is 0.000000574. The number of hydrogen-bond acceptors (Lipinski definition) is 5. The van der Waals surface area contributed by atoms with Crippen LogP contribution in [0.4, 0.5) is 10.1 Å². The molecule has 1 aliphatic heterocycles. The number of nitrogens with zero attached hydrogens (tertiary/aromatic N) is 2. The molecule has 0 saturated heterocycles. The van der Waals surface area contributed by atoms with E-state index in [0.29, 0.717) is 27.6 Å². The first-order valence-electron chi connectivity index (χ1n) is 5.46. The van der Waals surface area contributed by atoms with E-state index >= 15 is 0 Å². The third-order valence-corrected chi connectivity index (χ3v) is 4.25. The number of hydrogen-bond donors (Lipinski definition) is 2. The number of thioether (sulfide) groups is 1. The lowest BCUT2D eigenvalue weighted by molar-refractivity contribution is 0.555. The third kappa shape index (κ3) is 2.27. The van der Waals surface area contributed by atoms with E-state index in [1.807, 2.05) is 0 Å². The summed E-state index contributed by atoms with van der Waals surface area (Å²) in [6.45, 7) is 3.50. The first-order valence-corrected chi connectivity index (χ1v) is 6.34. The number of nitrogen functional groups attached to an aromatic ring is 1.